The maximum absolute atomic E-state index is 13.2. The van der Waals surface area contributed by atoms with Gasteiger partial charge in [0.25, 0.3) is 0 Å². The number of para-hydroxylation sites is 2. The van der Waals surface area contributed by atoms with Crippen molar-refractivity contribution in [2.75, 3.05) is 11.9 Å². The number of hydrogen-bond donors (Lipinski definition) is 2. The van der Waals surface area contributed by atoms with Gasteiger partial charge in [0.05, 0.1) is 11.0 Å². The van der Waals surface area contributed by atoms with E-state index in [1.54, 1.807) is 12.1 Å². The van der Waals surface area contributed by atoms with E-state index in [1.165, 1.54) is 30.3 Å². The first-order valence-corrected chi connectivity index (χ1v) is 7.67. The summed E-state index contributed by atoms with van der Waals surface area (Å²) in [6.07, 6.45) is -4.61. The first-order chi connectivity index (χ1) is 12.3. The van der Waals surface area contributed by atoms with E-state index in [-0.39, 0.29) is 24.3 Å². The highest BCUT2D eigenvalue weighted by Gasteiger charge is 2.37. The quantitative estimate of drug-likeness (QED) is 0.686. The molecule has 0 spiro atoms. The maximum atomic E-state index is 13.2. The second kappa shape index (κ2) is 7.03. The van der Waals surface area contributed by atoms with Crippen molar-refractivity contribution in [2.45, 2.75) is 12.7 Å². The van der Waals surface area contributed by atoms with Gasteiger partial charge in [0.2, 0.25) is 5.82 Å². The first kappa shape index (κ1) is 17.7. The van der Waals surface area contributed by atoms with Crippen molar-refractivity contribution in [2.24, 2.45) is 0 Å². The number of imidazole rings is 1. The number of amides is 2. The minimum absolute atomic E-state index is 0.0649. The highest BCUT2D eigenvalue weighted by Crippen LogP contribution is 2.31. The lowest BCUT2D eigenvalue weighted by atomic mass is 10.3. The Hall–Kier alpha value is -3.10. The minimum Gasteiger partial charge on any atom is -0.336 e. The van der Waals surface area contributed by atoms with Crippen LogP contribution in [-0.2, 0) is 12.7 Å². The second-order valence-electron chi connectivity index (χ2n) is 5.46. The molecule has 0 saturated heterocycles. The molecule has 5 nitrogen and oxygen atoms in total. The molecule has 0 aliphatic heterocycles. The molecular weight excluding hydrogens is 352 g/mol. The highest BCUT2D eigenvalue weighted by atomic mass is 19.4. The second-order valence-corrected chi connectivity index (χ2v) is 5.46. The molecule has 0 aliphatic carbocycles. The Kier molecular flexibility index (Phi) is 4.79. The summed E-state index contributed by atoms with van der Waals surface area (Å²) in [7, 11) is 0. The molecule has 26 heavy (non-hydrogen) atoms. The third kappa shape index (κ3) is 3.93. The number of anilines is 1. The van der Waals surface area contributed by atoms with Gasteiger partial charge in [-0.05, 0) is 30.3 Å². The van der Waals surface area contributed by atoms with Crippen LogP contribution >= 0.6 is 0 Å². The maximum Gasteiger partial charge on any atom is 0.449 e. The summed E-state index contributed by atoms with van der Waals surface area (Å²) in [5.74, 6) is -1.53. The average Bonchev–Trinajstić information content (AvgIpc) is 2.94. The average molecular weight is 366 g/mol. The minimum atomic E-state index is -4.61. The lowest BCUT2D eigenvalue weighted by molar-refractivity contribution is -0.146. The fourth-order valence-corrected chi connectivity index (χ4v) is 2.54. The van der Waals surface area contributed by atoms with Crippen LogP contribution in [0.2, 0.25) is 0 Å². The van der Waals surface area contributed by atoms with Crippen LogP contribution in [0.1, 0.15) is 5.82 Å². The van der Waals surface area contributed by atoms with E-state index in [9.17, 15) is 22.4 Å². The van der Waals surface area contributed by atoms with Crippen molar-refractivity contribution in [3.63, 3.8) is 0 Å². The lowest BCUT2D eigenvalue weighted by Crippen LogP contribution is -2.32. The molecule has 2 N–H and O–H groups in total. The molecule has 0 fully saturated rings. The number of aromatic nitrogens is 2. The fraction of sp³-hybridized carbons (Fsp3) is 0.176. The Morgan fingerprint density at radius 1 is 1.12 bits per heavy atom. The number of carbonyl (C=O) groups excluding carboxylic acids is 1. The van der Waals surface area contributed by atoms with E-state index >= 15 is 0 Å². The van der Waals surface area contributed by atoms with Gasteiger partial charge in [-0.15, -0.1) is 0 Å². The van der Waals surface area contributed by atoms with Crippen LogP contribution in [0.4, 0.5) is 28.0 Å². The van der Waals surface area contributed by atoms with Gasteiger partial charge >= 0.3 is 12.2 Å². The molecule has 0 radical (unpaired) electrons. The predicted molar refractivity (Wildman–Crippen MR) is 88.2 cm³/mol. The smallest absolute Gasteiger partial charge is 0.336 e. The number of carbonyl (C=O) groups is 1. The Bertz CT molecular complexity index is 936. The first-order valence-electron chi connectivity index (χ1n) is 7.67. The van der Waals surface area contributed by atoms with E-state index in [2.05, 4.69) is 15.6 Å². The molecule has 3 aromatic rings. The topological polar surface area (TPSA) is 59.0 Å². The van der Waals surface area contributed by atoms with Crippen LogP contribution in [0.25, 0.3) is 11.0 Å². The van der Waals surface area contributed by atoms with Gasteiger partial charge in [-0.25, -0.2) is 14.2 Å². The van der Waals surface area contributed by atoms with Crippen molar-refractivity contribution < 1.29 is 22.4 Å². The summed E-state index contributed by atoms with van der Waals surface area (Å²) in [5, 5.41) is 4.85. The molecule has 1 heterocycles. The van der Waals surface area contributed by atoms with Crippen molar-refractivity contribution in [3.8, 4) is 0 Å². The Labute approximate surface area is 145 Å². The van der Waals surface area contributed by atoms with Gasteiger partial charge in [0.15, 0.2) is 0 Å². The lowest BCUT2D eigenvalue weighted by Gasteiger charge is -2.12. The number of nitrogens with zero attached hydrogens (tertiary/aromatic N) is 2. The molecule has 0 saturated carbocycles. The molecule has 2 aromatic carbocycles. The summed E-state index contributed by atoms with van der Waals surface area (Å²) < 4.78 is 53.6. The largest absolute Gasteiger partial charge is 0.449 e. The molecule has 136 valence electrons. The molecule has 0 bridgehead atoms. The van der Waals surface area contributed by atoms with Crippen molar-refractivity contribution in [1.82, 2.24) is 14.9 Å². The van der Waals surface area contributed by atoms with Crippen molar-refractivity contribution in [3.05, 3.63) is 60.2 Å². The van der Waals surface area contributed by atoms with E-state index in [4.69, 9.17) is 0 Å². The van der Waals surface area contributed by atoms with E-state index in [0.717, 1.165) is 10.6 Å². The standard InChI is InChI=1S/C17H14F4N4O/c18-11-4-3-5-12(10-11)23-16(26)22-8-9-25-14-7-2-1-6-13(14)24-15(25)17(19,20)21/h1-7,10H,8-9H2,(H2,22,23,26). The molecular formula is C17H14F4N4O. The molecule has 1 aromatic heterocycles. The zero-order valence-electron chi connectivity index (χ0n) is 13.3. The number of fused-ring (bicyclic) bond motifs is 1. The number of nitrogens with one attached hydrogen (secondary N) is 2. The Balaban J connectivity index is 1.69. The third-order valence-electron chi connectivity index (χ3n) is 3.61. The zero-order valence-corrected chi connectivity index (χ0v) is 13.3. The number of alkyl halides is 3. The van der Waals surface area contributed by atoms with Crippen LogP contribution in [-0.4, -0.2) is 22.1 Å². The number of hydrogen-bond acceptors (Lipinski definition) is 2. The monoisotopic (exact) mass is 366 g/mol. The van der Waals surface area contributed by atoms with Crippen LogP contribution in [0.3, 0.4) is 0 Å². The van der Waals surface area contributed by atoms with Crippen molar-refractivity contribution in [1.29, 1.82) is 0 Å². The Morgan fingerprint density at radius 3 is 2.62 bits per heavy atom. The van der Waals surface area contributed by atoms with Crippen LogP contribution in [0.15, 0.2) is 48.5 Å². The predicted octanol–water partition coefficient (Wildman–Crippen LogP) is 4.02. The third-order valence-corrected chi connectivity index (χ3v) is 3.61. The van der Waals surface area contributed by atoms with Gasteiger partial charge in [-0.2, -0.15) is 13.2 Å². The molecule has 9 heteroatoms. The Morgan fingerprint density at radius 2 is 1.88 bits per heavy atom. The summed E-state index contributed by atoms with van der Waals surface area (Å²) in [5.41, 5.74) is 0.794. The van der Waals surface area contributed by atoms with E-state index in [0.29, 0.717) is 5.52 Å². The number of benzene rings is 2. The van der Waals surface area contributed by atoms with Gasteiger partial charge in [0, 0.05) is 18.8 Å². The van der Waals surface area contributed by atoms with E-state index in [1.807, 2.05) is 0 Å². The zero-order chi connectivity index (χ0) is 18.7. The van der Waals surface area contributed by atoms with Crippen molar-refractivity contribution >= 4 is 22.8 Å². The summed E-state index contributed by atoms with van der Waals surface area (Å²) in [4.78, 5) is 15.4. The normalized spacial score (nSPS) is 11.5. The summed E-state index contributed by atoms with van der Waals surface area (Å²) >= 11 is 0. The molecule has 0 unspecified atom stereocenters. The van der Waals surface area contributed by atoms with Gasteiger partial charge < -0.3 is 15.2 Å². The van der Waals surface area contributed by atoms with Gasteiger partial charge in [0.1, 0.15) is 5.82 Å². The van der Waals surface area contributed by atoms with Gasteiger partial charge in [-0.1, -0.05) is 18.2 Å². The number of urea groups is 1. The van der Waals surface area contributed by atoms with E-state index < -0.39 is 23.8 Å². The number of rotatable bonds is 4. The highest BCUT2D eigenvalue weighted by molar-refractivity contribution is 5.89. The van der Waals surface area contributed by atoms with Crippen LogP contribution < -0.4 is 10.6 Å². The summed E-state index contributed by atoms with van der Waals surface area (Å²) in [6.45, 7) is -0.184. The SMILES string of the molecule is O=C(NCCn1c(C(F)(F)F)nc2ccccc21)Nc1cccc(F)c1. The molecule has 0 aliphatic rings. The summed E-state index contributed by atoms with van der Waals surface area (Å²) in [6, 6.07) is 10.9. The van der Waals surface area contributed by atoms with Crippen LogP contribution in [0, 0.1) is 5.82 Å². The molecule has 2 amide bonds. The molecule has 3 rings (SSSR count). The fourth-order valence-electron chi connectivity index (χ4n) is 2.54. The molecule has 0 atom stereocenters. The van der Waals surface area contributed by atoms with Gasteiger partial charge in [-0.3, -0.25) is 0 Å². The van der Waals surface area contributed by atoms with Crippen LogP contribution in [0.5, 0.6) is 0 Å². The number of halogens is 4.